The molecule has 1 heterocycles. The summed E-state index contributed by atoms with van der Waals surface area (Å²) in [4.78, 5) is 90.3. The topological polar surface area (TPSA) is 293 Å². The summed E-state index contributed by atoms with van der Waals surface area (Å²) < 4.78 is 0. The minimum Gasteiger partial charge on any atom is -0.504 e. The van der Waals surface area contributed by atoms with Crippen molar-refractivity contribution in [3.63, 3.8) is 0 Å². The predicted molar refractivity (Wildman–Crippen MR) is 205 cm³/mol. The van der Waals surface area contributed by atoms with E-state index in [-0.39, 0.29) is 29.2 Å². The molecule has 0 fully saturated rings. The van der Waals surface area contributed by atoms with E-state index in [1.165, 1.54) is 24.3 Å². The molecule has 304 valence electrons. The zero-order valence-corrected chi connectivity index (χ0v) is 31.5. The van der Waals surface area contributed by atoms with E-state index in [2.05, 4.69) is 31.9 Å². The number of phenolic OH excluding ortho intramolecular Hbond substituents is 3. The Morgan fingerprint density at radius 2 is 1.26 bits per heavy atom. The van der Waals surface area contributed by atoms with Crippen molar-refractivity contribution in [2.24, 2.45) is 11.8 Å². The second-order valence-electron chi connectivity index (χ2n) is 14.3. The van der Waals surface area contributed by atoms with Gasteiger partial charge in [0.05, 0.1) is 6.42 Å². The number of anilines is 2. The molecule has 57 heavy (non-hydrogen) atoms. The highest BCUT2D eigenvalue weighted by molar-refractivity contribution is 6.05. The molecule has 18 nitrogen and oxygen atoms in total. The standard InChI is InChI=1S/C39H46N6O12/c1-18(2)31(38(55)43-27(16-30(48)49)37(54)45-32(19(3)4)39(56)57)44-36(53)26(13-22-17-40-25-8-6-5-7-24(22)25)42-34(51)20-9-11-23(12-10-20)41-35(52)21-14-28(46)33(50)29(47)15-21/h5-12,14-15,18-19,22,26-27,31-32,40,46-47,50H,13,16-17H2,1-4H3,(H,41,52)(H,42,51)(H,43,55)(H,44,53)(H,45,54)(H,48,49)(H,56,57)/t22?,26-,27-,31+,32+/m0/s1. The molecule has 5 atom stereocenters. The van der Waals surface area contributed by atoms with Crippen LogP contribution in [0.4, 0.5) is 11.4 Å². The zero-order chi connectivity index (χ0) is 42.1. The third-order valence-electron chi connectivity index (χ3n) is 9.31. The van der Waals surface area contributed by atoms with Crippen LogP contribution < -0.4 is 31.9 Å². The Kier molecular flexibility index (Phi) is 14.0. The van der Waals surface area contributed by atoms with Crippen LogP contribution >= 0.6 is 0 Å². The van der Waals surface area contributed by atoms with E-state index in [1.807, 2.05) is 24.3 Å². The number of para-hydroxylation sites is 1. The van der Waals surface area contributed by atoms with Crippen molar-refractivity contribution in [2.45, 2.75) is 70.6 Å². The number of hydrogen-bond donors (Lipinski definition) is 11. The van der Waals surface area contributed by atoms with Crippen molar-refractivity contribution in [1.82, 2.24) is 21.3 Å². The summed E-state index contributed by atoms with van der Waals surface area (Å²) in [5.41, 5.74) is 1.93. The van der Waals surface area contributed by atoms with E-state index in [4.69, 9.17) is 0 Å². The van der Waals surface area contributed by atoms with Crippen molar-refractivity contribution in [3.05, 3.63) is 77.4 Å². The minimum atomic E-state index is -1.68. The number of carboxylic acid groups (broad SMARTS) is 2. The first-order chi connectivity index (χ1) is 26.9. The van der Waals surface area contributed by atoms with Gasteiger partial charge in [-0.1, -0.05) is 45.9 Å². The normalized spacial score (nSPS) is 15.2. The van der Waals surface area contributed by atoms with E-state index >= 15 is 0 Å². The number of carboxylic acids is 2. The molecule has 5 amide bonds. The van der Waals surface area contributed by atoms with Crippen LogP contribution in [0.25, 0.3) is 0 Å². The monoisotopic (exact) mass is 790 g/mol. The number of phenols is 3. The molecule has 11 N–H and O–H groups in total. The van der Waals surface area contributed by atoms with E-state index in [0.29, 0.717) is 6.54 Å². The van der Waals surface area contributed by atoms with Gasteiger partial charge in [0.1, 0.15) is 24.2 Å². The second-order valence-corrected chi connectivity index (χ2v) is 14.3. The first-order valence-electron chi connectivity index (χ1n) is 18.0. The van der Waals surface area contributed by atoms with E-state index in [1.54, 1.807) is 27.7 Å². The number of hydrogen-bond acceptors (Lipinski definition) is 11. The molecule has 0 aliphatic carbocycles. The lowest BCUT2D eigenvalue weighted by molar-refractivity contribution is -0.144. The number of nitrogens with one attached hydrogen (secondary N) is 6. The molecule has 18 heteroatoms. The molecular weight excluding hydrogens is 744 g/mol. The fourth-order valence-corrected chi connectivity index (χ4v) is 6.17. The summed E-state index contributed by atoms with van der Waals surface area (Å²) in [7, 11) is 0. The van der Waals surface area contributed by atoms with Crippen molar-refractivity contribution in [1.29, 1.82) is 0 Å². The molecule has 0 radical (unpaired) electrons. The van der Waals surface area contributed by atoms with Crippen molar-refractivity contribution < 1.29 is 59.1 Å². The van der Waals surface area contributed by atoms with Gasteiger partial charge in [-0.3, -0.25) is 28.8 Å². The summed E-state index contributed by atoms with van der Waals surface area (Å²) in [6.07, 6.45) is -0.787. The zero-order valence-electron chi connectivity index (χ0n) is 31.5. The molecule has 4 rings (SSSR count). The molecule has 0 saturated carbocycles. The van der Waals surface area contributed by atoms with Gasteiger partial charge in [0.2, 0.25) is 17.7 Å². The molecule has 3 aromatic carbocycles. The average molecular weight is 791 g/mol. The third kappa shape index (κ3) is 11.1. The highest BCUT2D eigenvalue weighted by Gasteiger charge is 2.36. The number of aliphatic carboxylic acids is 2. The van der Waals surface area contributed by atoms with Crippen LogP contribution in [-0.4, -0.2) is 97.7 Å². The van der Waals surface area contributed by atoms with Gasteiger partial charge >= 0.3 is 11.9 Å². The van der Waals surface area contributed by atoms with E-state index in [9.17, 15) is 59.1 Å². The van der Waals surface area contributed by atoms with Crippen LogP contribution in [0, 0.1) is 11.8 Å². The Morgan fingerprint density at radius 3 is 1.84 bits per heavy atom. The maximum Gasteiger partial charge on any atom is 0.326 e. The van der Waals surface area contributed by atoms with Gasteiger partial charge in [0.15, 0.2) is 17.2 Å². The SMILES string of the molecule is CC(C)[C@@H](NC(=O)[C@H](CC(=O)O)NC(=O)[C@H](NC(=O)[C@H](CC1CNc2ccccc21)NC(=O)c1ccc(NC(=O)c2cc(O)c(O)c(O)c2)cc1)C(C)C)C(=O)O. The van der Waals surface area contributed by atoms with Crippen LogP contribution in [0.15, 0.2) is 60.7 Å². The van der Waals surface area contributed by atoms with Gasteiger partial charge in [-0.2, -0.15) is 0 Å². The molecule has 1 unspecified atom stereocenters. The number of carbonyl (C=O) groups excluding carboxylic acids is 5. The van der Waals surface area contributed by atoms with Gasteiger partial charge in [-0.25, -0.2) is 4.79 Å². The Morgan fingerprint density at radius 1 is 0.684 bits per heavy atom. The summed E-state index contributed by atoms with van der Waals surface area (Å²) >= 11 is 0. The Labute approximate surface area is 327 Å². The highest BCUT2D eigenvalue weighted by atomic mass is 16.4. The summed E-state index contributed by atoms with van der Waals surface area (Å²) in [6.45, 7) is 6.74. The van der Waals surface area contributed by atoms with E-state index < -0.39 is 101 Å². The average Bonchev–Trinajstić information content (AvgIpc) is 3.56. The second kappa shape index (κ2) is 18.7. The molecule has 0 spiro atoms. The van der Waals surface area contributed by atoms with Gasteiger partial charge in [0.25, 0.3) is 11.8 Å². The summed E-state index contributed by atoms with van der Waals surface area (Å²) in [5.74, 6) is -10.5. The Balaban J connectivity index is 1.53. The maximum absolute atomic E-state index is 14.0. The van der Waals surface area contributed by atoms with Crippen LogP contribution in [0.5, 0.6) is 17.2 Å². The number of aromatic hydroxyl groups is 3. The Hall–Kier alpha value is -6.85. The molecule has 0 saturated heterocycles. The Bertz CT molecular complexity index is 2000. The quantitative estimate of drug-likeness (QED) is 0.0875. The smallest absolute Gasteiger partial charge is 0.326 e. The first-order valence-corrected chi connectivity index (χ1v) is 18.0. The largest absolute Gasteiger partial charge is 0.504 e. The lowest BCUT2D eigenvalue weighted by Crippen LogP contribution is -2.59. The number of fused-ring (bicyclic) bond motifs is 1. The summed E-state index contributed by atoms with van der Waals surface area (Å²) in [6, 6.07) is 9.33. The molecule has 0 bridgehead atoms. The van der Waals surface area contributed by atoms with Crippen LogP contribution in [0.3, 0.4) is 0 Å². The lowest BCUT2D eigenvalue weighted by atomic mass is 9.92. The number of benzene rings is 3. The van der Waals surface area contributed by atoms with Crippen molar-refractivity contribution in [3.8, 4) is 17.2 Å². The minimum absolute atomic E-state index is 0.0876. The fourth-order valence-electron chi connectivity index (χ4n) is 6.17. The van der Waals surface area contributed by atoms with Gasteiger partial charge in [-0.15, -0.1) is 0 Å². The fraction of sp³-hybridized carbons (Fsp3) is 0.359. The lowest BCUT2D eigenvalue weighted by Gasteiger charge is -2.28. The van der Waals surface area contributed by atoms with Gasteiger partial charge in [-0.05, 0) is 66.3 Å². The number of carbonyl (C=O) groups is 7. The predicted octanol–water partition coefficient (Wildman–Crippen LogP) is 2.08. The van der Waals surface area contributed by atoms with Crippen LogP contribution in [-0.2, 0) is 24.0 Å². The molecule has 0 aromatic heterocycles. The number of amides is 5. The summed E-state index contributed by atoms with van der Waals surface area (Å²) in [5, 5.41) is 63.8. The van der Waals surface area contributed by atoms with Gasteiger partial charge in [0, 0.05) is 35.0 Å². The maximum atomic E-state index is 14.0. The van der Waals surface area contributed by atoms with Crippen molar-refractivity contribution >= 4 is 52.8 Å². The molecule has 1 aliphatic heterocycles. The third-order valence-corrected chi connectivity index (χ3v) is 9.31. The van der Waals surface area contributed by atoms with Crippen LogP contribution in [0.2, 0.25) is 0 Å². The first kappa shape index (κ1) is 42.9. The van der Waals surface area contributed by atoms with Crippen molar-refractivity contribution in [2.75, 3.05) is 17.2 Å². The molecule has 3 aromatic rings. The highest BCUT2D eigenvalue weighted by Crippen LogP contribution is 2.36. The molecule has 1 aliphatic rings. The van der Waals surface area contributed by atoms with Gasteiger partial charge < -0.3 is 57.4 Å². The molecular formula is C39H46N6O12. The van der Waals surface area contributed by atoms with Crippen LogP contribution in [0.1, 0.15) is 72.7 Å². The number of rotatable bonds is 17. The van der Waals surface area contributed by atoms with E-state index in [0.717, 1.165) is 23.4 Å².